The van der Waals surface area contributed by atoms with Gasteiger partial charge in [-0.15, -0.1) is 0 Å². The Morgan fingerprint density at radius 1 is 1.30 bits per heavy atom. The summed E-state index contributed by atoms with van der Waals surface area (Å²) in [5, 5.41) is 21.1. The standard InChI is InChI=1S/C19H20N6OS/c1-3-22-18(26)25-19-24-16-8-12(13(9-20)10-21)7-14(17(16)27-19)15-6-11(2)4-5-23-15/h4-10,13,20-21H,3H2,1-2H3,(H2,22,24,25,26). The van der Waals surface area contributed by atoms with E-state index in [0.717, 1.165) is 27.1 Å². The van der Waals surface area contributed by atoms with E-state index < -0.39 is 5.92 Å². The van der Waals surface area contributed by atoms with E-state index in [1.54, 1.807) is 6.20 Å². The summed E-state index contributed by atoms with van der Waals surface area (Å²) in [6.07, 6.45) is 4.20. The van der Waals surface area contributed by atoms with Gasteiger partial charge in [0.25, 0.3) is 0 Å². The normalized spacial score (nSPS) is 11.8. The number of pyridine rings is 1. The van der Waals surface area contributed by atoms with Crippen LogP contribution in [0.1, 0.15) is 24.0 Å². The number of anilines is 1. The molecule has 0 saturated carbocycles. The molecule has 0 radical (unpaired) electrons. The highest BCUT2D eigenvalue weighted by Crippen LogP contribution is 2.37. The number of hydrogen-bond donors (Lipinski definition) is 4. The van der Waals surface area contributed by atoms with Crippen molar-refractivity contribution in [1.82, 2.24) is 15.3 Å². The third-order valence-electron chi connectivity index (χ3n) is 4.01. The van der Waals surface area contributed by atoms with Crippen molar-refractivity contribution in [2.75, 3.05) is 11.9 Å². The zero-order valence-electron chi connectivity index (χ0n) is 15.0. The minimum absolute atomic E-state index is 0.302. The van der Waals surface area contributed by atoms with Crippen molar-refractivity contribution in [2.45, 2.75) is 19.8 Å². The first-order valence-electron chi connectivity index (χ1n) is 8.49. The molecule has 0 unspecified atom stereocenters. The Morgan fingerprint density at radius 2 is 2.07 bits per heavy atom. The zero-order valence-corrected chi connectivity index (χ0v) is 15.9. The van der Waals surface area contributed by atoms with Crippen molar-refractivity contribution in [3.8, 4) is 11.3 Å². The first-order chi connectivity index (χ1) is 13.0. The fraction of sp³-hybridized carbons (Fsp3) is 0.211. The maximum Gasteiger partial charge on any atom is 0.321 e. The Balaban J connectivity index is 2.17. The first-order valence-corrected chi connectivity index (χ1v) is 9.31. The quantitative estimate of drug-likeness (QED) is 0.481. The number of amides is 2. The lowest BCUT2D eigenvalue weighted by Crippen LogP contribution is -2.28. The first kappa shape index (κ1) is 18.7. The number of nitrogens with one attached hydrogen (secondary N) is 4. The molecule has 2 aromatic heterocycles. The monoisotopic (exact) mass is 380 g/mol. The maximum atomic E-state index is 11.8. The highest BCUT2D eigenvalue weighted by Gasteiger charge is 2.17. The van der Waals surface area contributed by atoms with E-state index in [4.69, 9.17) is 10.8 Å². The minimum Gasteiger partial charge on any atom is -0.338 e. The number of hydrogen-bond acceptors (Lipinski definition) is 6. The second kappa shape index (κ2) is 8.05. The fourth-order valence-electron chi connectivity index (χ4n) is 2.72. The molecular formula is C19H20N6OS. The van der Waals surface area contributed by atoms with Crippen molar-refractivity contribution >= 4 is 45.1 Å². The van der Waals surface area contributed by atoms with Gasteiger partial charge in [-0.3, -0.25) is 10.3 Å². The summed E-state index contributed by atoms with van der Waals surface area (Å²) in [7, 11) is 0. The summed E-state index contributed by atoms with van der Waals surface area (Å²) in [5.41, 5.74) is 4.25. The summed E-state index contributed by atoms with van der Waals surface area (Å²) < 4.78 is 0.900. The Bertz CT molecular complexity index is 1000. The summed E-state index contributed by atoms with van der Waals surface area (Å²) in [4.78, 5) is 20.8. The summed E-state index contributed by atoms with van der Waals surface area (Å²) in [6.45, 7) is 4.37. The molecule has 2 amide bonds. The second-order valence-electron chi connectivity index (χ2n) is 6.00. The number of thiazole rings is 1. The summed E-state index contributed by atoms with van der Waals surface area (Å²) in [5.74, 6) is -0.431. The van der Waals surface area contributed by atoms with Gasteiger partial charge in [-0.25, -0.2) is 9.78 Å². The lowest BCUT2D eigenvalue weighted by Gasteiger charge is -2.10. The van der Waals surface area contributed by atoms with Gasteiger partial charge in [-0.1, -0.05) is 11.3 Å². The topological polar surface area (TPSA) is 115 Å². The molecule has 8 heteroatoms. The van der Waals surface area contributed by atoms with Crippen molar-refractivity contribution in [3.05, 3.63) is 41.6 Å². The molecule has 0 atom stereocenters. The number of urea groups is 1. The van der Waals surface area contributed by atoms with Crippen molar-refractivity contribution in [1.29, 1.82) is 10.8 Å². The van der Waals surface area contributed by atoms with Crippen molar-refractivity contribution in [2.24, 2.45) is 0 Å². The molecule has 27 heavy (non-hydrogen) atoms. The highest BCUT2D eigenvalue weighted by molar-refractivity contribution is 7.22. The summed E-state index contributed by atoms with van der Waals surface area (Å²) in [6, 6.07) is 7.41. The predicted molar refractivity (Wildman–Crippen MR) is 111 cm³/mol. The van der Waals surface area contributed by atoms with Crippen LogP contribution < -0.4 is 10.6 Å². The lowest BCUT2D eigenvalue weighted by atomic mass is 9.97. The molecule has 0 aliphatic heterocycles. The molecule has 0 bridgehead atoms. The van der Waals surface area contributed by atoms with Crippen LogP contribution in [0.3, 0.4) is 0 Å². The van der Waals surface area contributed by atoms with Gasteiger partial charge in [-0.2, -0.15) is 0 Å². The number of nitrogens with zero attached hydrogens (tertiary/aromatic N) is 2. The molecule has 0 aliphatic carbocycles. The molecule has 0 aliphatic rings. The zero-order chi connectivity index (χ0) is 19.4. The van der Waals surface area contributed by atoms with Crippen LogP contribution in [0.2, 0.25) is 0 Å². The Labute approximate surface area is 160 Å². The Hall–Kier alpha value is -3.13. The average Bonchev–Trinajstić information content (AvgIpc) is 3.04. The van der Waals surface area contributed by atoms with Crippen molar-refractivity contribution < 1.29 is 4.79 Å². The lowest BCUT2D eigenvalue weighted by molar-refractivity contribution is 0.252. The van der Waals surface area contributed by atoms with E-state index in [0.29, 0.717) is 17.2 Å². The Kier molecular flexibility index (Phi) is 5.56. The van der Waals surface area contributed by atoms with E-state index >= 15 is 0 Å². The number of carbonyl (C=O) groups excluding carboxylic acids is 1. The van der Waals surface area contributed by atoms with E-state index in [1.165, 1.54) is 23.8 Å². The van der Waals surface area contributed by atoms with Crippen LogP contribution in [-0.2, 0) is 0 Å². The summed E-state index contributed by atoms with van der Waals surface area (Å²) >= 11 is 1.38. The molecule has 4 N–H and O–H groups in total. The van der Waals surface area contributed by atoms with Crippen LogP contribution in [0.25, 0.3) is 21.5 Å². The van der Waals surface area contributed by atoms with Crippen LogP contribution >= 0.6 is 11.3 Å². The fourth-order valence-corrected chi connectivity index (χ4v) is 3.68. The number of carbonyl (C=O) groups is 1. The van der Waals surface area contributed by atoms with Crippen LogP contribution in [0.5, 0.6) is 0 Å². The minimum atomic E-state index is -0.431. The van der Waals surface area contributed by atoms with Gasteiger partial charge in [0, 0.05) is 30.7 Å². The van der Waals surface area contributed by atoms with Gasteiger partial charge in [0.2, 0.25) is 0 Å². The van der Waals surface area contributed by atoms with Gasteiger partial charge in [0.1, 0.15) is 0 Å². The third kappa shape index (κ3) is 4.01. The third-order valence-corrected chi connectivity index (χ3v) is 5.03. The SMILES string of the molecule is CCNC(=O)Nc1nc2cc(C(C=N)C=N)cc(-c3cc(C)ccn3)c2s1. The molecule has 3 aromatic rings. The van der Waals surface area contributed by atoms with E-state index in [9.17, 15) is 4.79 Å². The van der Waals surface area contributed by atoms with E-state index in [2.05, 4.69) is 20.6 Å². The molecule has 0 spiro atoms. The molecule has 1 aromatic carbocycles. The van der Waals surface area contributed by atoms with Gasteiger partial charge in [-0.05, 0) is 49.2 Å². The number of aromatic nitrogens is 2. The van der Waals surface area contributed by atoms with Gasteiger partial charge < -0.3 is 16.1 Å². The predicted octanol–water partition coefficient (Wildman–Crippen LogP) is 4.19. The number of fused-ring (bicyclic) bond motifs is 1. The van der Waals surface area contributed by atoms with Gasteiger partial charge in [0.15, 0.2) is 5.13 Å². The molecule has 3 rings (SSSR count). The number of benzene rings is 1. The van der Waals surface area contributed by atoms with Gasteiger partial charge >= 0.3 is 6.03 Å². The maximum absolute atomic E-state index is 11.8. The molecule has 138 valence electrons. The second-order valence-corrected chi connectivity index (χ2v) is 7.00. The Morgan fingerprint density at radius 3 is 2.74 bits per heavy atom. The van der Waals surface area contributed by atoms with E-state index in [-0.39, 0.29) is 6.03 Å². The molecule has 7 nitrogen and oxygen atoms in total. The molecule has 0 saturated heterocycles. The van der Waals surface area contributed by atoms with Crippen LogP contribution in [-0.4, -0.2) is 35.0 Å². The van der Waals surface area contributed by atoms with Crippen LogP contribution in [0, 0.1) is 17.7 Å². The van der Waals surface area contributed by atoms with E-state index in [1.807, 2.05) is 38.1 Å². The highest BCUT2D eigenvalue weighted by atomic mass is 32.1. The van der Waals surface area contributed by atoms with Crippen molar-refractivity contribution in [3.63, 3.8) is 0 Å². The largest absolute Gasteiger partial charge is 0.338 e. The van der Waals surface area contributed by atoms with Gasteiger partial charge in [0.05, 0.1) is 21.8 Å². The van der Waals surface area contributed by atoms with Crippen LogP contribution in [0.4, 0.5) is 9.93 Å². The average molecular weight is 380 g/mol. The molecule has 2 heterocycles. The smallest absolute Gasteiger partial charge is 0.321 e. The van der Waals surface area contributed by atoms with Crippen LogP contribution in [0.15, 0.2) is 30.5 Å². The number of aryl methyl sites for hydroxylation is 1. The molecular weight excluding hydrogens is 360 g/mol. The molecule has 0 fully saturated rings. The number of rotatable bonds is 6.